The summed E-state index contributed by atoms with van der Waals surface area (Å²) in [5.41, 5.74) is 1.26. The minimum atomic E-state index is 0. The Morgan fingerprint density at radius 3 is 2.64 bits per heavy atom. The molecule has 3 rings (SSSR count). The van der Waals surface area contributed by atoms with E-state index in [1.54, 1.807) is 6.92 Å². The van der Waals surface area contributed by atoms with Crippen LogP contribution in [0.2, 0.25) is 0 Å². The summed E-state index contributed by atoms with van der Waals surface area (Å²) in [7, 11) is 0. The third-order valence-electron chi connectivity index (χ3n) is 5.05. The zero-order valence-electron chi connectivity index (χ0n) is 16.8. The van der Waals surface area contributed by atoms with Crippen LogP contribution in [0.3, 0.4) is 0 Å². The Hall–Kier alpha value is -1.55. The first-order valence-corrected chi connectivity index (χ1v) is 9.90. The molecule has 1 fully saturated rings. The first kappa shape index (κ1) is 22.7. The molecule has 1 saturated heterocycles. The van der Waals surface area contributed by atoms with Gasteiger partial charge in [0.2, 0.25) is 5.91 Å². The molecule has 1 amide bonds. The van der Waals surface area contributed by atoms with Gasteiger partial charge < -0.3 is 20.3 Å². The van der Waals surface area contributed by atoms with Gasteiger partial charge in [-0.15, -0.1) is 24.0 Å². The number of carbonyl (C=O) groups excluding carboxylic acids is 1. The number of hydrogen-bond donors (Lipinski definition) is 2. The molecule has 2 aliphatic rings. The van der Waals surface area contributed by atoms with Crippen molar-refractivity contribution in [2.24, 2.45) is 4.99 Å². The molecule has 8 heteroatoms. The van der Waals surface area contributed by atoms with Crippen LogP contribution >= 0.6 is 24.0 Å². The number of benzene rings is 1. The van der Waals surface area contributed by atoms with Gasteiger partial charge in [0.1, 0.15) is 11.9 Å². The number of halogens is 1. The maximum absolute atomic E-state index is 11.4. The van der Waals surface area contributed by atoms with Gasteiger partial charge in [-0.25, -0.2) is 4.99 Å². The number of rotatable bonds is 6. The first-order valence-electron chi connectivity index (χ1n) is 9.90. The van der Waals surface area contributed by atoms with E-state index in [9.17, 15) is 4.79 Å². The van der Waals surface area contributed by atoms with Crippen molar-refractivity contribution >= 4 is 35.8 Å². The molecule has 0 spiro atoms. The Kier molecular flexibility index (Phi) is 9.30. The Morgan fingerprint density at radius 1 is 1.21 bits per heavy atom. The minimum absolute atomic E-state index is 0. The molecule has 156 valence electrons. The number of para-hydroxylation sites is 1. The van der Waals surface area contributed by atoms with E-state index in [4.69, 9.17) is 9.73 Å². The summed E-state index contributed by atoms with van der Waals surface area (Å²) >= 11 is 0. The van der Waals surface area contributed by atoms with Crippen LogP contribution in [0.1, 0.15) is 19.4 Å². The van der Waals surface area contributed by atoms with Gasteiger partial charge in [0, 0.05) is 59.2 Å². The zero-order chi connectivity index (χ0) is 19.1. The van der Waals surface area contributed by atoms with Crippen LogP contribution in [-0.4, -0.2) is 80.1 Å². The van der Waals surface area contributed by atoms with Gasteiger partial charge >= 0.3 is 0 Å². The zero-order valence-corrected chi connectivity index (χ0v) is 19.1. The summed E-state index contributed by atoms with van der Waals surface area (Å²) in [5.74, 6) is 1.99. The van der Waals surface area contributed by atoms with E-state index in [0.717, 1.165) is 63.9 Å². The van der Waals surface area contributed by atoms with Gasteiger partial charge in [-0.2, -0.15) is 0 Å². The average Bonchev–Trinajstić information content (AvgIpc) is 3.09. The van der Waals surface area contributed by atoms with Gasteiger partial charge in [-0.05, 0) is 18.6 Å². The van der Waals surface area contributed by atoms with Crippen molar-refractivity contribution in [3.05, 3.63) is 29.8 Å². The predicted molar refractivity (Wildman–Crippen MR) is 123 cm³/mol. The number of nitrogens with one attached hydrogen (secondary N) is 2. The molecule has 1 unspecified atom stereocenters. The van der Waals surface area contributed by atoms with Gasteiger partial charge in [-0.1, -0.05) is 18.2 Å². The van der Waals surface area contributed by atoms with E-state index in [2.05, 4.69) is 34.6 Å². The lowest BCUT2D eigenvalue weighted by molar-refractivity contribution is -0.130. The smallest absolute Gasteiger partial charge is 0.219 e. The first-order chi connectivity index (χ1) is 13.2. The standard InChI is InChI=1S/C20H31N5O2.HI/c1-3-21-20(22-8-9-24-10-12-25(13-11-24)16(2)26)23-15-18-14-17-6-4-5-7-19(17)27-18;/h4-7,18H,3,8-15H2,1-2H3,(H2,21,22,23);1H. The maximum atomic E-state index is 11.4. The topological polar surface area (TPSA) is 69.2 Å². The van der Waals surface area contributed by atoms with Gasteiger partial charge in [0.15, 0.2) is 5.96 Å². The Labute approximate surface area is 184 Å². The summed E-state index contributed by atoms with van der Waals surface area (Å²) in [6, 6.07) is 8.20. The molecule has 2 heterocycles. The van der Waals surface area contributed by atoms with E-state index in [1.165, 1.54) is 5.56 Å². The monoisotopic (exact) mass is 501 g/mol. The highest BCUT2D eigenvalue weighted by Crippen LogP contribution is 2.28. The van der Waals surface area contributed by atoms with Crippen molar-refractivity contribution < 1.29 is 9.53 Å². The second-order valence-corrected chi connectivity index (χ2v) is 7.05. The maximum Gasteiger partial charge on any atom is 0.219 e. The normalized spacial score (nSPS) is 19.4. The molecule has 28 heavy (non-hydrogen) atoms. The van der Waals surface area contributed by atoms with Crippen molar-refractivity contribution in [1.29, 1.82) is 0 Å². The number of amides is 1. The molecule has 0 saturated carbocycles. The van der Waals surface area contributed by atoms with Gasteiger partial charge in [0.05, 0.1) is 6.54 Å². The van der Waals surface area contributed by atoms with Crippen molar-refractivity contribution in [2.45, 2.75) is 26.4 Å². The van der Waals surface area contributed by atoms with E-state index in [-0.39, 0.29) is 36.0 Å². The lowest BCUT2D eigenvalue weighted by Crippen LogP contribution is -2.50. The number of piperazine rings is 1. The number of carbonyl (C=O) groups is 1. The molecule has 1 atom stereocenters. The molecule has 7 nitrogen and oxygen atoms in total. The van der Waals surface area contributed by atoms with E-state index >= 15 is 0 Å². The molecule has 1 aromatic carbocycles. The van der Waals surface area contributed by atoms with Crippen LogP contribution < -0.4 is 15.4 Å². The largest absolute Gasteiger partial charge is 0.488 e. The molecule has 0 aromatic heterocycles. The second kappa shape index (κ2) is 11.5. The average molecular weight is 501 g/mol. The Bertz CT molecular complexity index is 637. The molecular weight excluding hydrogens is 469 g/mol. The number of nitrogens with zero attached hydrogens (tertiary/aromatic N) is 3. The molecule has 0 bridgehead atoms. The van der Waals surface area contributed by atoms with E-state index < -0.39 is 0 Å². The molecule has 2 aliphatic heterocycles. The van der Waals surface area contributed by atoms with Gasteiger partial charge in [0.25, 0.3) is 0 Å². The molecule has 2 N–H and O–H groups in total. The third kappa shape index (κ3) is 6.51. The van der Waals surface area contributed by atoms with Crippen LogP contribution in [0.25, 0.3) is 0 Å². The lowest BCUT2D eigenvalue weighted by atomic mass is 10.1. The number of ether oxygens (including phenoxy) is 1. The van der Waals surface area contributed by atoms with E-state index in [0.29, 0.717) is 6.54 Å². The highest BCUT2D eigenvalue weighted by molar-refractivity contribution is 14.0. The van der Waals surface area contributed by atoms with Crippen molar-refractivity contribution in [3.63, 3.8) is 0 Å². The molecular formula is C20H32IN5O2. The van der Waals surface area contributed by atoms with Crippen molar-refractivity contribution in [1.82, 2.24) is 20.4 Å². The van der Waals surface area contributed by atoms with E-state index in [1.807, 2.05) is 17.0 Å². The summed E-state index contributed by atoms with van der Waals surface area (Å²) < 4.78 is 5.96. The number of hydrogen-bond acceptors (Lipinski definition) is 4. The lowest BCUT2D eigenvalue weighted by Gasteiger charge is -2.34. The summed E-state index contributed by atoms with van der Waals surface area (Å²) in [5, 5.41) is 6.71. The fourth-order valence-corrected chi connectivity index (χ4v) is 3.51. The van der Waals surface area contributed by atoms with Crippen LogP contribution in [0.15, 0.2) is 29.3 Å². The molecule has 0 aliphatic carbocycles. The minimum Gasteiger partial charge on any atom is -0.488 e. The Balaban J connectivity index is 0.00000280. The third-order valence-corrected chi connectivity index (χ3v) is 5.05. The van der Waals surface area contributed by atoms with Crippen LogP contribution in [0, 0.1) is 0 Å². The number of fused-ring (bicyclic) bond motifs is 1. The summed E-state index contributed by atoms with van der Waals surface area (Å²) in [6.45, 7) is 10.5. The highest BCUT2D eigenvalue weighted by atomic mass is 127. The quantitative estimate of drug-likeness (QED) is 0.350. The van der Waals surface area contributed by atoms with Gasteiger partial charge in [-0.3, -0.25) is 9.69 Å². The molecule has 0 radical (unpaired) electrons. The van der Waals surface area contributed by atoms with Crippen molar-refractivity contribution in [3.8, 4) is 5.75 Å². The van der Waals surface area contributed by atoms with Crippen LogP contribution in [-0.2, 0) is 11.2 Å². The SMILES string of the molecule is CCNC(=NCC1Cc2ccccc2O1)NCCN1CCN(C(C)=O)CC1.I. The molecule has 1 aromatic rings. The summed E-state index contributed by atoms with van der Waals surface area (Å²) in [4.78, 5) is 20.4. The fourth-order valence-electron chi connectivity index (χ4n) is 3.51. The predicted octanol–water partition coefficient (Wildman–Crippen LogP) is 1.33. The van der Waals surface area contributed by atoms with Crippen LogP contribution in [0.4, 0.5) is 0 Å². The number of guanidine groups is 1. The number of aliphatic imine (C=N–C) groups is 1. The fraction of sp³-hybridized carbons (Fsp3) is 0.600. The van der Waals surface area contributed by atoms with Crippen LogP contribution in [0.5, 0.6) is 5.75 Å². The Morgan fingerprint density at radius 2 is 1.96 bits per heavy atom. The summed E-state index contributed by atoms with van der Waals surface area (Å²) in [6.07, 6.45) is 1.02. The second-order valence-electron chi connectivity index (χ2n) is 7.05. The highest BCUT2D eigenvalue weighted by Gasteiger charge is 2.22. The van der Waals surface area contributed by atoms with Crippen molar-refractivity contribution in [2.75, 3.05) is 52.4 Å².